The summed E-state index contributed by atoms with van der Waals surface area (Å²) >= 11 is 0. The third kappa shape index (κ3) is 5.35. The van der Waals surface area contributed by atoms with Crippen molar-refractivity contribution in [2.45, 2.75) is 24.2 Å². The first-order valence-electron chi connectivity index (χ1n) is 5.51. The molecule has 0 aliphatic heterocycles. The van der Waals surface area contributed by atoms with Gasteiger partial charge in [-0.1, -0.05) is 0 Å². The first-order valence-corrected chi connectivity index (χ1v) is 6.99. The van der Waals surface area contributed by atoms with Gasteiger partial charge in [0.1, 0.15) is 5.75 Å². The van der Waals surface area contributed by atoms with E-state index in [0.29, 0.717) is 0 Å². The van der Waals surface area contributed by atoms with E-state index in [9.17, 15) is 21.6 Å². The average Bonchev–Trinajstić information content (AvgIpc) is 2.26. The molecule has 0 aromatic heterocycles. The van der Waals surface area contributed by atoms with Gasteiger partial charge in [0.05, 0.1) is 11.5 Å². The molecule has 0 saturated heterocycles. The van der Waals surface area contributed by atoms with E-state index in [4.69, 9.17) is 4.74 Å². The van der Waals surface area contributed by atoms with Gasteiger partial charge in [-0.2, -0.15) is 0 Å². The van der Waals surface area contributed by atoms with Crippen LogP contribution in [0.4, 0.5) is 13.2 Å². The number of ether oxygens (including phenoxy) is 2. The zero-order valence-corrected chi connectivity index (χ0v) is 11.6. The Hall–Kier alpha value is -1.32. The van der Waals surface area contributed by atoms with Crippen LogP contribution < -0.4 is 9.46 Å². The van der Waals surface area contributed by atoms with Gasteiger partial charge in [0.15, 0.2) is 0 Å². The molecule has 0 spiro atoms. The standard InChI is InChI=1S/C11H14F3NO4S/c1-8(7-18-2)15-20(16,17)10-5-3-9(4-6-10)19-11(12,13)14/h3-6,8,15H,7H2,1-2H3/t8-/m0/s1. The minimum absolute atomic E-state index is 0.157. The summed E-state index contributed by atoms with van der Waals surface area (Å²) in [5.41, 5.74) is 0. The number of nitrogens with one attached hydrogen (secondary N) is 1. The third-order valence-corrected chi connectivity index (χ3v) is 3.75. The minimum Gasteiger partial charge on any atom is -0.406 e. The maximum atomic E-state index is 12.0. The molecule has 0 amide bonds. The predicted octanol–water partition coefficient (Wildman–Crippen LogP) is 1.90. The number of hydrogen-bond donors (Lipinski definition) is 1. The van der Waals surface area contributed by atoms with Crippen molar-refractivity contribution in [3.8, 4) is 5.75 Å². The highest BCUT2D eigenvalue weighted by atomic mass is 32.2. The van der Waals surface area contributed by atoms with Crippen LogP contribution in [0.2, 0.25) is 0 Å². The maximum Gasteiger partial charge on any atom is 0.573 e. The van der Waals surface area contributed by atoms with Crippen LogP contribution in [0, 0.1) is 0 Å². The van der Waals surface area contributed by atoms with E-state index in [1.165, 1.54) is 7.11 Å². The summed E-state index contributed by atoms with van der Waals surface area (Å²) in [4.78, 5) is -0.157. The number of halogens is 3. The van der Waals surface area contributed by atoms with Crippen molar-refractivity contribution < 1.29 is 31.1 Å². The van der Waals surface area contributed by atoms with Crippen LogP contribution in [0.1, 0.15) is 6.92 Å². The topological polar surface area (TPSA) is 64.6 Å². The first kappa shape index (κ1) is 16.7. The Kier molecular flexibility index (Phi) is 5.37. The highest BCUT2D eigenvalue weighted by Crippen LogP contribution is 2.23. The van der Waals surface area contributed by atoms with Gasteiger partial charge >= 0.3 is 6.36 Å². The van der Waals surface area contributed by atoms with Crippen LogP contribution in [0.25, 0.3) is 0 Å². The van der Waals surface area contributed by atoms with Gasteiger partial charge < -0.3 is 9.47 Å². The second-order valence-corrected chi connectivity index (χ2v) is 5.71. The fourth-order valence-electron chi connectivity index (χ4n) is 1.44. The quantitative estimate of drug-likeness (QED) is 0.871. The summed E-state index contributed by atoms with van der Waals surface area (Å²) < 4.78 is 70.4. The fourth-order valence-corrected chi connectivity index (χ4v) is 2.67. The normalized spacial score (nSPS) is 14.1. The number of benzene rings is 1. The molecule has 1 aromatic carbocycles. The Balaban J connectivity index is 2.82. The molecule has 1 rings (SSSR count). The molecule has 0 fully saturated rings. The predicted molar refractivity (Wildman–Crippen MR) is 64.8 cm³/mol. The molecule has 20 heavy (non-hydrogen) atoms. The average molecular weight is 313 g/mol. The summed E-state index contributed by atoms with van der Waals surface area (Å²) in [5, 5.41) is 0. The van der Waals surface area contributed by atoms with E-state index in [0.717, 1.165) is 24.3 Å². The summed E-state index contributed by atoms with van der Waals surface area (Å²) in [6.45, 7) is 1.77. The third-order valence-electron chi connectivity index (χ3n) is 2.14. The molecule has 5 nitrogen and oxygen atoms in total. The Bertz CT molecular complexity index is 528. The Morgan fingerprint density at radius 1 is 1.25 bits per heavy atom. The van der Waals surface area contributed by atoms with Crippen LogP contribution >= 0.6 is 0 Å². The summed E-state index contributed by atoms with van der Waals surface area (Å²) in [7, 11) is -2.38. The molecule has 1 N–H and O–H groups in total. The molecule has 114 valence electrons. The van der Waals surface area contributed by atoms with Gasteiger partial charge in [-0.25, -0.2) is 13.1 Å². The molecule has 0 bridgehead atoms. The molecule has 0 heterocycles. The second kappa shape index (κ2) is 6.42. The lowest BCUT2D eigenvalue weighted by Gasteiger charge is -2.14. The van der Waals surface area contributed by atoms with Crippen molar-refractivity contribution in [1.82, 2.24) is 4.72 Å². The second-order valence-electron chi connectivity index (χ2n) is 4.00. The van der Waals surface area contributed by atoms with Crippen molar-refractivity contribution in [3.63, 3.8) is 0 Å². The number of alkyl halides is 3. The lowest BCUT2D eigenvalue weighted by Crippen LogP contribution is -2.35. The Morgan fingerprint density at radius 3 is 2.25 bits per heavy atom. The Labute approximate surface area is 114 Å². The highest BCUT2D eigenvalue weighted by molar-refractivity contribution is 7.89. The van der Waals surface area contributed by atoms with E-state index in [2.05, 4.69) is 9.46 Å². The summed E-state index contributed by atoms with van der Waals surface area (Å²) in [6.07, 6.45) is -4.81. The largest absolute Gasteiger partial charge is 0.573 e. The van der Waals surface area contributed by atoms with Gasteiger partial charge in [-0.3, -0.25) is 0 Å². The zero-order chi connectivity index (χ0) is 15.4. The molecular formula is C11H14F3NO4S. The van der Waals surface area contributed by atoms with E-state index in [-0.39, 0.29) is 11.5 Å². The van der Waals surface area contributed by atoms with Gasteiger partial charge in [0.2, 0.25) is 10.0 Å². The fraction of sp³-hybridized carbons (Fsp3) is 0.455. The molecule has 0 radical (unpaired) electrons. The lowest BCUT2D eigenvalue weighted by molar-refractivity contribution is -0.274. The molecule has 1 atom stereocenters. The zero-order valence-electron chi connectivity index (χ0n) is 10.8. The van der Waals surface area contributed by atoms with Crippen LogP contribution in [0.5, 0.6) is 5.75 Å². The number of rotatable bonds is 6. The Morgan fingerprint density at radius 2 is 1.80 bits per heavy atom. The highest BCUT2D eigenvalue weighted by Gasteiger charge is 2.31. The van der Waals surface area contributed by atoms with E-state index in [1.807, 2.05) is 0 Å². The molecule has 0 saturated carbocycles. The molecule has 9 heteroatoms. The number of hydrogen-bond acceptors (Lipinski definition) is 4. The SMILES string of the molecule is COC[C@H](C)NS(=O)(=O)c1ccc(OC(F)(F)F)cc1. The van der Waals surface area contributed by atoms with E-state index < -0.39 is 28.2 Å². The monoisotopic (exact) mass is 313 g/mol. The van der Waals surface area contributed by atoms with E-state index in [1.54, 1.807) is 6.92 Å². The van der Waals surface area contributed by atoms with Crippen LogP contribution in [-0.2, 0) is 14.8 Å². The van der Waals surface area contributed by atoms with Crippen LogP contribution in [-0.4, -0.2) is 34.5 Å². The molecule has 0 unspecified atom stereocenters. The molecule has 0 aliphatic carbocycles. The van der Waals surface area contributed by atoms with Crippen molar-refractivity contribution in [3.05, 3.63) is 24.3 Å². The molecular weight excluding hydrogens is 299 g/mol. The first-order chi connectivity index (χ1) is 9.14. The molecule has 1 aromatic rings. The van der Waals surface area contributed by atoms with Gasteiger partial charge in [0, 0.05) is 13.2 Å². The van der Waals surface area contributed by atoms with E-state index >= 15 is 0 Å². The summed E-state index contributed by atoms with van der Waals surface area (Å²) in [5.74, 6) is -0.485. The lowest BCUT2D eigenvalue weighted by atomic mass is 10.3. The molecule has 0 aliphatic rings. The van der Waals surface area contributed by atoms with Crippen molar-refractivity contribution in [1.29, 1.82) is 0 Å². The van der Waals surface area contributed by atoms with Gasteiger partial charge in [-0.15, -0.1) is 13.2 Å². The smallest absolute Gasteiger partial charge is 0.406 e. The van der Waals surface area contributed by atoms with Gasteiger partial charge in [0.25, 0.3) is 0 Å². The van der Waals surface area contributed by atoms with Gasteiger partial charge in [-0.05, 0) is 31.2 Å². The van der Waals surface area contributed by atoms with Crippen LogP contribution in [0.15, 0.2) is 29.2 Å². The minimum atomic E-state index is -4.81. The van der Waals surface area contributed by atoms with Crippen molar-refractivity contribution in [2.24, 2.45) is 0 Å². The number of sulfonamides is 1. The van der Waals surface area contributed by atoms with Crippen LogP contribution in [0.3, 0.4) is 0 Å². The maximum absolute atomic E-state index is 12.0. The summed E-state index contributed by atoms with van der Waals surface area (Å²) in [6, 6.07) is 3.47. The van der Waals surface area contributed by atoms with Crippen molar-refractivity contribution in [2.75, 3.05) is 13.7 Å². The van der Waals surface area contributed by atoms with Crippen molar-refractivity contribution >= 4 is 10.0 Å². The number of methoxy groups -OCH3 is 1.